The van der Waals surface area contributed by atoms with Gasteiger partial charge in [0.15, 0.2) is 0 Å². The summed E-state index contributed by atoms with van der Waals surface area (Å²) in [6, 6.07) is 1.64. The minimum Gasteiger partial charge on any atom is -0.312 e. The smallest absolute Gasteiger partial charge is 0.0242 e. The van der Waals surface area contributed by atoms with E-state index < -0.39 is 0 Å². The second-order valence-corrected chi connectivity index (χ2v) is 5.26. The lowest BCUT2D eigenvalue weighted by atomic mass is 9.97. The molecule has 0 aromatic heterocycles. The summed E-state index contributed by atoms with van der Waals surface area (Å²) in [5, 5.41) is 3.67. The van der Waals surface area contributed by atoms with Gasteiger partial charge in [-0.1, -0.05) is 12.8 Å². The molecular formula is C12H24N2. The Morgan fingerprint density at radius 1 is 1.14 bits per heavy atom. The Bertz CT molecular complexity index is 169. The summed E-state index contributed by atoms with van der Waals surface area (Å²) < 4.78 is 0. The minimum atomic E-state index is 0.776. The molecule has 2 fully saturated rings. The summed E-state index contributed by atoms with van der Waals surface area (Å²) >= 11 is 0. The molecule has 0 saturated heterocycles. The van der Waals surface area contributed by atoms with Gasteiger partial charge in [-0.05, 0) is 45.7 Å². The van der Waals surface area contributed by atoms with Gasteiger partial charge >= 0.3 is 0 Å². The van der Waals surface area contributed by atoms with Gasteiger partial charge in [0, 0.05) is 18.6 Å². The highest BCUT2D eigenvalue weighted by Crippen LogP contribution is 2.29. The quantitative estimate of drug-likeness (QED) is 0.722. The van der Waals surface area contributed by atoms with Crippen LogP contribution in [0.15, 0.2) is 0 Å². The molecule has 2 aliphatic carbocycles. The molecule has 0 radical (unpaired) electrons. The molecule has 0 aromatic carbocycles. The number of nitrogens with zero attached hydrogens (tertiary/aromatic N) is 1. The molecule has 14 heavy (non-hydrogen) atoms. The van der Waals surface area contributed by atoms with E-state index in [1.54, 1.807) is 0 Å². The van der Waals surface area contributed by atoms with Gasteiger partial charge in [0.2, 0.25) is 0 Å². The third-order valence-electron chi connectivity index (χ3n) is 3.80. The van der Waals surface area contributed by atoms with Gasteiger partial charge in [-0.3, -0.25) is 0 Å². The lowest BCUT2D eigenvalue weighted by Crippen LogP contribution is -2.43. The number of likely N-dealkylation sites (N-methyl/N-ethyl adjacent to an activating group) is 1. The first-order valence-electron chi connectivity index (χ1n) is 6.17. The van der Waals surface area contributed by atoms with Crippen LogP contribution >= 0.6 is 0 Å². The third-order valence-corrected chi connectivity index (χ3v) is 3.80. The van der Waals surface area contributed by atoms with E-state index in [9.17, 15) is 0 Å². The van der Waals surface area contributed by atoms with E-state index in [0.717, 1.165) is 18.0 Å². The topological polar surface area (TPSA) is 15.3 Å². The average molecular weight is 196 g/mol. The number of hydrogen-bond donors (Lipinski definition) is 1. The van der Waals surface area contributed by atoms with Crippen molar-refractivity contribution in [3.63, 3.8) is 0 Å². The van der Waals surface area contributed by atoms with Crippen LogP contribution in [-0.4, -0.2) is 37.6 Å². The van der Waals surface area contributed by atoms with Gasteiger partial charge in [0.1, 0.15) is 0 Å². The van der Waals surface area contributed by atoms with Crippen LogP contribution in [0, 0.1) is 5.92 Å². The Kier molecular flexibility index (Phi) is 3.45. The first kappa shape index (κ1) is 10.4. The van der Waals surface area contributed by atoms with Crippen molar-refractivity contribution < 1.29 is 0 Å². The largest absolute Gasteiger partial charge is 0.312 e. The molecule has 2 rings (SSSR count). The van der Waals surface area contributed by atoms with Crippen LogP contribution in [0.1, 0.15) is 38.5 Å². The zero-order chi connectivity index (χ0) is 9.97. The third kappa shape index (κ3) is 2.71. The summed E-state index contributed by atoms with van der Waals surface area (Å²) in [5.74, 6) is 0.955. The molecule has 0 amide bonds. The number of nitrogens with one attached hydrogen (secondary N) is 1. The zero-order valence-electron chi connectivity index (χ0n) is 9.63. The SMILES string of the molecule is CN(C)C(CNC1CC1)C1CCCC1. The molecule has 1 N–H and O–H groups in total. The molecule has 1 atom stereocenters. The van der Waals surface area contributed by atoms with Gasteiger partial charge < -0.3 is 10.2 Å². The fraction of sp³-hybridized carbons (Fsp3) is 1.00. The lowest BCUT2D eigenvalue weighted by molar-refractivity contribution is 0.205. The molecular weight excluding hydrogens is 172 g/mol. The maximum absolute atomic E-state index is 3.67. The second-order valence-electron chi connectivity index (χ2n) is 5.26. The molecule has 2 nitrogen and oxygen atoms in total. The lowest BCUT2D eigenvalue weighted by Gasteiger charge is -2.30. The molecule has 82 valence electrons. The average Bonchev–Trinajstić information content (AvgIpc) is 2.80. The fourth-order valence-corrected chi connectivity index (χ4v) is 2.69. The number of rotatable bonds is 5. The van der Waals surface area contributed by atoms with Crippen LogP contribution in [0.2, 0.25) is 0 Å². The van der Waals surface area contributed by atoms with E-state index in [0.29, 0.717) is 0 Å². The van der Waals surface area contributed by atoms with Gasteiger partial charge in [-0.2, -0.15) is 0 Å². The summed E-state index contributed by atoms with van der Waals surface area (Å²) in [7, 11) is 4.47. The van der Waals surface area contributed by atoms with Gasteiger partial charge in [-0.25, -0.2) is 0 Å². The van der Waals surface area contributed by atoms with Crippen LogP contribution in [0.4, 0.5) is 0 Å². The van der Waals surface area contributed by atoms with Crippen molar-refractivity contribution in [1.82, 2.24) is 10.2 Å². The van der Waals surface area contributed by atoms with Crippen LogP contribution < -0.4 is 5.32 Å². The van der Waals surface area contributed by atoms with Crippen LogP contribution in [0.25, 0.3) is 0 Å². The standard InChI is InChI=1S/C12H24N2/c1-14(2)12(9-13-11-7-8-11)10-5-3-4-6-10/h10-13H,3-9H2,1-2H3. The Morgan fingerprint density at radius 2 is 1.79 bits per heavy atom. The van der Waals surface area contributed by atoms with Crippen LogP contribution in [0.5, 0.6) is 0 Å². The van der Waals surface area contributed by atoms with Crippen molar-refractivity contribution >= 4 is 0 Å². The predicted octanol–water partition coefficient (Wildman–Crippen LogP) is 1.86. The van der Waals surface area contributed by atoms with Gasteiger partial charge in [0.25, 0.3) is 0 Å². The Labute approximate surface area is 88.1 Å². The van der Waals surface area contributed by atoms with Crippen molar-refractivity contribution in [2.75, 3.05) is 20.6 Å². The molecule has 2 saturated carbocycles. The highest BCUT2D eigenvalue weighted by atomic mass is 15.1. The summed E-state index contributed by atoms with van der Waals surface area (Å²) in [6.07, 6.45) is 8.64. The highest BCUT2D eigenvalue weighted by molar-refractivity contribution is 4.87. The summed E-state index contributed by atoms with van der Waals surface area (Å²) in [4.78, 5) is 2.42. The Hall–Kier alpha value is -0.0800. The van der Waals surface area contributed by atoms with Crippen molar-refractivity contribution in [2.45, 2.75) is 50.6 Å². The molecule has 0 spiro atoms. The van der Waals surface area contributed by atoms with E-state index >= 15 is 0 Å². The first-order chi connectivity index (χ1) is 6.77. The van der Waals surface area contributed by atoms with E-state index in [2.05, 4.69) is 24.3 Å². The molecule has 1 unspecified atom stereocenters. The van der Waals surface area contributed by atoms with Gasteiger partial charge in [-0.15, -0.1) is 0 Å². The van der Waals surface area contributed by atoms with Crippen LogP contribution in [0.3, 0.4) is 0 Å². The second kappa shape index (κ2) is 4.63. The Morgan fingerprint density at radius 3 is 2.29 bits per heavy atom. The first-order valence-corrected chi connectivity index (χ1v) is 6.17. The Balaban J connectivity index is 1.78. The molecule has 2 aliphatic rings. The predicted molar refractivity (Wildman–Crippen MR) is 60.5 cm³/mol. The van der Waals surface area contributed by atoms with E-state index in [4.69, 9.17) is 0 Å². The molecule has 0 aliphatic heterocycles. The molecule has 0 heterocycles. The normalized spacial score (nSPS) is 25.9. The molecule has 0 bridgehead atoms. The maximum atomic E-state index is 3.67. The van der Waals surface area contributed by atoms with Crippen LogP contribution in [-0.2, 0) is 0 Å². The van der Waals surface area contributed by atoms with Crippen molar-refractivity contribution in [3.05, 3.63) is 0 Å². The van der Waals surface area contributed by atoms with Crippen molar-refractivity contribution in [3.8, 4) is 0 Å². The van der Waals surface area contributed by atoms with E-state index in [1.807, 2.05) is 0 Å². The highest BCUT2D eigenvalue weighted by Gasteiger charge is 2.28. The molecule has 2 heteroatoms. The van der Waals surface area contributed by atoms with Crippen molar-refractivity contribution in [2.24, 2.45) is 5.92 Å². The zero-order valence-corrected chi connectivity index (χ0v) is 9.63. The maximum Gasteiger partial charge on any atom is 0.0242 e. The summed E-state index contributed by atoms with van der Waals surface area (Å²) in [6.45, 7) is 1.21. The van der Waals surface area contributed by atoms with Gasteiger partial charge in [0.05, 0.1) is 0 Å². The molecule has 0 aromatic rings. The monoisotopic (exact) mass is 196 g/mol. The fourth-order valence-electron chi connectivity index (χ4n) is 2.69. The van der Waals surface area contributed by atoms with Crippen molar-refractivity contribution in [1.29, 1.82) is 0 Å². The van der Waals surface area contributed by atoms with E-state index in [-0.39, 0.29) is 0 Å². The summed E-state index contributed by atoms with van der Waals surface area (Å²) in [5.41, 5.74) is 0. The minimum absolute atomic E-state index is 0.776. The van der Waals surface area contributed by atoms with E-state index in [1.165, 1.54) is 45.1 Å². The number of hydrogen-bond acceptors (Lipinski definition) is 2.